The molecule has 0 aromatic heterocycles. The van der Waals surface area contributed by atoms with Crippen LogP contribution in [0.3, 0.4) is 0 Å². The molecule has 0 radical (unpaired) electrons. The smallest absolute Gasteiger partial charge is 0.000663 e. The molecule has 2 rings (SSSR count). The van der Waals surface area contributed by atoms with Crippen molar-refractivity contribution in [2.45, 2.75) is 51.9 Å². The second-order valence-corrected chi connectivity index (χ2v) is 6.23. The molecule has 2 heteroatoms. The predicted octanol–water partition coefficient (Wildman–Crippen LogP) is 2.89. The van der Waals surface area contributed by atoms with Crippen LogP contribution in [0.1, 0.15) is 51.9 Å². The lowest BCUT2D eigenvalue weighted by Gasteiger charge is -2.30. The van der Waals surface area contributed by atoms with Crippen molar-refractivity contribution in [1.29, 1.82) is 0 Å². The normalized spacial score (nSPS) is 33.0. The van der Waals surface area contributed by atoms with E-state index in [2.05, 4.69) is 17.1 Å². The van der Waals surface area contributed by atoms with Crippen molar-refractivity contribution in [2.24, 2.45) is 11.8 Å². The first kappa shape index (κ1) is 13.4. The van der Waals surface area contributed by atoms with Crippen LogP contribution in [0.15, 0.2) is 0 Å². The molecule has 0 aromatic carbocycles. The maximum atomic E-state index is 3.49. The van der Waals surface area contributed by atoms with Gasteiger partial charge in [-0.2, -0.15) is 0 Å². The van der Waals surface area contributed by atoms with E-state index in [1.165, 1.54) is 77.7 Å². The largest absolute Gasteiger partial charge is 0.317 e. The zero-order valence-corrected chi connectivity index (χ0v) is 11.6. The summed E-state index contributed by atoms with van der Waals surface area (Å²) in [4.78, 5) is 2.71. The molecule has 1 N–H and O–H groups in total. The minimum absolute atomic E-state index is 0.991. The molecular formula is C15H30N2. The lowest BCUT2D eigenvalue weighted by Crippen LogP contribution is -2.35. The van der Waals surface area contributed by atoms with Gasteiger partial charge in [-0.15, -0.1) is 0 Å². The minimum atomic E-state index is 0.991. The molecule has 2 atom stereocenters. The molecule has 0 spiro atoms. The number of hydrogen-bond donors (Lipinski definition) is 1. The molecule has 2 unspecified atom stereocenters. The van der Waals surface area contributed by atoms with Crippen LogP contribution in [0, 0.1) is 11.8 Å². The van der Waals surface area contributed by atoms with Crippen molar-refractivity contribution < 1.29 is 0 Å². The third-order valence-corrected chi connectivity index (χ3v) is 4.55. The monoisotopic (exact) mass is 238 g/mol. The molecule has 2 nitrogen and oxygen atoms in total. The Morgan fingerprint density at radius 1 is 1.06 bits per heavy atom. The fourth-order valence-corrected chi connectivity index (χ4v) is 3.50. The highest BCUT2D eigenvalue weighted by atomic mass is 15.1. The van der Waals surface area contributed by atoms with Gasteiger partial charge in [0.15, 0.2) is 0 Å². The van der Waals surface area contributed by atoms with E-state index in [4.69, 9.17) is 0 Å². The van der Waals surface area contributed by atoms with E-state index in [0.717, 1.165) is 11.8 Å². The fourth-order valence-electron chi connectivity index (χ4n) is 3.50. The van der Waals surface area contributed by atoms with Gasteiger partial charge in [-0.25, -0.2) is 0 Å². The fraction of sp³-hybridized carbons (Fsp3) is 1.00. The van der Waals surface area contributed by atoms with Crippen molar-refractivity contribution in [1.82, 2.24) is 10.2 Å². The van der Waals surface area contributed by atoms with Crippen molar-refractivity contribution in [3.63, 3.8) is 0 Å². The molecule has 17 heavy (non-hydrogen) atoms. The molecular weight excluding hydrogens is 208 g/mol. The quantitative estimate of drug-likeness (QED) is 0.813. The Bertz CT molecular complexity index is 197. The van der Waals surface area contributed by atoms with Crippen LogP contribution in [-0.4, -0.2) is 37.6 Å². The summed E-state index contributed by atoms with van der Waals surface area (Å²) in [5, 5.41) is 3.49. The Kier molecular flexibility index (Phi) is 5.79. The summed E-state index contributed by atoms with van der Waals surface area (Å²) in [6, 6.07) is 0. The van der Waals surface area contributed by atoms with E-state index >= 15 is 0 Å². The van der Waals surface area contributed by atoms with Gasteiger partial charge in [0, 0.05) is 0 Å². The summed E-state index contributed by atoms with van der Waals surface area (Å²) in [5.41, 5.74) is 0. The van der Waals surface area contributed by atoms with Crippen molar-refractivity contribution >= 4 is 0 Å². The molecule has 1 saturated carbocycles. The van der Waals surface area contributed by atoms with Gasteiger partial charge < -0.3 is 10.2 Å². The molecule has 100 valence electrons. The predicted molar refractivity (Wildman–Crippen MR) is 74.3 cm³/mol. The Morgan fingerprint density at radius 2 is 1.82 bits per heavy atom. The second-order valence-electron chi connectivity index (χ2n) is 6.23. The molecule has 0 aromatic rings. The van der Waals surface area contributed by atoms with Gasteiger partial charge in [0.25, 0.3) is 0 Å². The summed E-state index contributed by atoms with van der Waals surface area (Å²) in [7, 11) is 0. The van der Waals surface area contributed by atoms with Gasteiger partial charge in [0.05, 0.1) is 0 Å². The summed E-state index contributed by atoms with van der Waals surface area (Å²) >= 11 is 0. The number of hydrogen-bond acceptors (Lipinski definition) is 2. The van der Waals surface area contributed by atoms with Crippen LogP contribution in [-0.2, 0) is 0 Å². The van der Waals surface area contributed by atoms with E-state index in [1.54, 1.807) is 0 Å². The van der Waals surface area contributed by atoms with Gasteiger partial charge in [0.2, 0.25) is 0 Å². The minimum Gasteiger partial charge on any atom is -0.317 e. The Hall–Kier alpha value is -0.0800. The summed E-state index contributed by atoms with van der Waals surface area (Å²) in [5.74, 6) is 2.02. The van der Waals surface area contributed by atoms with E-state index < -0.39 is 0 Å². The zero-order valence-electron chi connectivity index (χ0n) is 11.6. The van der Waals surface area contributed by atoms with Gasteiger partial charge in [-0.3, -0.25) is 0 Å². The highest BCUT2D eigenvalue weighted by Crippen LogP contribution is 2.30. The molecule has 2 aliphatic rings. The SMILES string of the molecule is CC1CCCC(CCN2CCCNCCC2)C1. The molecule has 2 fully saturated rings. The highest BCUT2D eigenvalue weighted by molar-refractivity contribution is 4.73. The Balaban J connectivity index is 1.65. The van der Waals surface area contributed by atoms with Crippen molar-refractivity contribution in [3.8, 4) is 0 Å². The van der Waals surface area contributed by atoms with E-state index in [0.29, 0.717) is 0 Å². The summed E-state index contributed by atoms with van der Waals surface area (Å²) < 4.78 is 0. The van der Waals surface area contributed by atoms with E-state index in [9.17, 15) is 0 Å². The van der Waals surface area contributed by atoms with Crippen LogP contribution in [0.25, 0.3) is 0 Å². The topological polar surface area (TPSA) is 15.3 Å². The third-order valence-electron chi connectivity index (χ3n) is 4.55. The lowest BCUT2D eigenvalue weighted by atomic mass is 9.81. The van der Waals surface area contributed by atoms with Gasteiger partial charge in [-0.05, 0) is 70.2 Å². The van der Waals surface area contributed by atoms with Gasteiger partial charge >= 0.3 is 0 Å². The molecule has 1 saturated heterocycles. The number of rotatable bonds is 3. The maximum Gasteiger partial charge on any atom is -0.000663 e. The lowest BCUT2D eigenvalue weighted by molar-refractivity contribution is 0.202. The van der Waals surface area contributed by atoms with Crippen LogP contribution < -0.4 is 5.32 Å². The summed E-state index contributed by atoms with van der Waals surface area (Å²) in [6.45, 7) is 8.86. The first-order valence-electron chi connectivity index (χ1n) is 7.77. The zero-order chi connectivity index (χ0) is 11.9. The first-order chi connectivity index (χ1) is 8.34. The van der Waals surface area contributed by atoms with E-state index in [1.807, 2.05) is 0 Å². The molecule has 0 amide bonds. The van der Waals surface area contributed by atoms with Crippen molar-refractivity contribution in [2.75, 3.05) is 32.7 Å². The van der Waals surface area contributed by atoms with Crippen LogP contribution in [0.2, 0.25) is 0 Å². The standard InChI is InChI=1S/C15H30N2/c1-14-5-2-6-15(13-14)7-12-17-10-3-8-16-9-4-11-17/h14-16H,2-13H2,1H3. The molecule has 1 aliphatic carbocycles. The second kappa shape index (κ2) is 7.38. The average Bonchev–Trinajstić information content (AvgIpc) is 2.27. The Morgan fingerprint density at radius 3 is 2.53 bits per heavy atom. The van der Waals surface area contributed by atoms with Crippen LogP contribution >= 0.6 is 0 Å². The van der Waals surface area contributed by atoms with Gasteiger partial charge in [0.1, 0.15) is 0 Å². The molecule has 1 aliphatic heterocycles. The molecule has 0 bridgehead atoms. The highest BCUT2D eigenvalue weighted by Gasteiger charge is 2.19. The maximum absolute atomic E-state index is 3.49. The average molecular weight is 238 g/mol. The van der Waals surface area contributed by atoms with Crippen LogP contribution in [0.4, 0.5) is 0 Å². The number of nitrogens with one attached hydrogen (secondary N) is 1. The van der Waals surface area contributed by atoms with Gasteiger partial charge in [-0.1, -0.05) is 26.2 Å². The van der Waals surface area contributed by atoms with Crippen LogP contribution in [0.5, 0.6) is 0 Å². The van der Waals surface area contributed by atoms with Crippen molar-refractivity contribution in [3.05, 3.63) is 0 Å². The number of nitrogens with zero attached hydrogens (tertiary/aromatic N) is 1. The Labute approximate surface area is 107 Å². The summed E-state index contributed by atoms with van der Waals surface area (Å²) in [6.07, 6.45) is 10.1. The third kappa shape index (κ3) is 4.97. The van der Waals surface area contributed by atoms with E-state index in [-0.39, 0.29) is 0 Å². The first-order valence-corrected chi connectivity index (χ1v) is 7.77. The molecule has 1 heterocycles.